The van der Waals surface area contributed by atoms with Gasteiger partial charge in [-0.1, -0.05) is 0 Å². The third-order valence-electron chi connectivity index (χ3n) is 1.24. The summed E-state index contributed by atoms with van der Waals surface area (Å²) in [6.45, 7) is 2.05. The maximum Gasteiger partial charge on any atom is 0.202 e. The molecule has 0 saturated carbocycles. The Morgan fingerprint density at radius 1 is 1.44 bits per heavy atom. The van der Waals surface area contributed by atoms with Crippen molar-refractivity contribution in [3.8, 4) is 0 Å². The molecule has 0 spiro atoms. The molecule has 0 atom stereocenters. The van der Waals surface area contributed by atoms with Crippen LogP contribution in [0.25, 0.3) is 0 Å². The van der Waals surface area contributed by atoms with E-state index in [0.29, 0.717) is 0 Å². The maximum absolute atomic E-state index is 3.08. The van der Waals surface area contributed by atoms with Crippen molar-refractivity contribution in [3.63, 3.8) is 0 Å². The first-order valence-corrected chi connectivity index (χ1v) is 2.99. The summed E-state index contributed by atoms with van der Waals surface area (Å²) in [7, 11) is 1.89. The number of hydrogen-bond donors (Lipinski definition) is 1. The lowest BCUT2D eigenvalue weighted by Crippen LogP contribution is -2.03. The largest absolute Gasteiger partial charge is 0.359 e. The van der Waals surface area contributed by atoms with Gasteiger partial charge < -0.3 is 5.32 Å². The SMILES string of the molecule is CNC1=[C+]C=C(C)C=C1. The van der Waals surface area contributed by atoms with E-state index in [1.807, 2.05) is 19.2 Å². The molecule has 0 radical (unpaired) electrons. The number of allylic oxidation sites excluding steroid dienone is 5. The lowest BCUT2D eigenvalue weighted by atomic mass is 10.1. The summed E-state index contributed by atoms with van der Waals surface area (Å²) in [5.41, 5.74) is 2.29. The summed E-state index contributed by atoms with van der Waals surface area (Å²) in [5.74, 6) is 0. The van der Waals surface area contributed by atoms with Gasteiger partial charge in [-0.3, -0.25) is 0 Å². The maximum atomic E-state index is 3.08. The molecular weight excluding hydrogens is 110 g/mol. The first-order valence-electron chi connectivity index (χ1n) is 2.99. The van der Waals surface area contributed by atoms with Crippen LogP contribution in [0.5, 0.6) is 0 Å². The van der Waals surface area contributed by atoms with Crippen LogP contribution in [-0.4, -0.2) is 7.05 Å². The molecule has 0 aliphatic heterocycles. The molecule has 1 aliphatic rings. The lowest BCUT2D eigenvalue weighted by molar-refractivity contribution is 1.02. The molecule has 0 bridgehead atoms. The van der Waals surface area contributed by atoms with E-state index in [-0.39, 0.29) is 0 Å². The zero-order valence-corrected chi connectivity index (χ0v) is 5.73. The fraction of sp³-hybridized carbons (Fsp3) is 0.250. The summed E-state index contributed by atoms with van der Waals surface area (Å²) >= 11 is 0. The van der Waals surface area contributed by atoms with E-state index in [0.717, 1.165) is 5.70 Å². The number of hydrogen-bond acceptors (Lipinski definition) is 1. The highest BCUT2D eigenvalue weighted by Gasteiger charge is 2.01. The van der Waals surface area contributed by atoms with Crippen LogP contribution in [0.2, 0.25) is 0 Å². The average Bonchev–Trinajstić information content (AvgIpc) is 1.90. The second kappa shape index (κ2) is 2.47. The molecule has 0 saturated heterocycles. The van der Waals surface area contributed by atoms with Gasteiger partial charge in [-0.15, -0.1) is 0 Å². The van der Waals surface area contributed by atoms with Crippen molar-refractivity contribution < 1.29 is 0 Å². The van der Waals surface area contributed by atoms with Gasteiger partial charge >= 0.3 is 0 Å². The van der Waals surface area contributed by atoms with Crippen molar-refractivity contribution in [3.05, 3.63) is 35.6 Å². The standard InChI is InChI=1S/C8H10N/c1-7-3-5-8(9-2)6-4-7/h3-5,9H,1-2H3/q+1. The van der Waals surface area contributed by atoms with Gasteiger partial charge in [0.1, 0.15) is 6.08 Å². The highest BCUT2D eigenvalue weighted by molar-refractivity contribution is 5.32. The smallest absolute Gasteiger partial charge is 0.202 e. The van der Waals surface area contributed by atoms with E-state index in [9.17, 15) is 0 Å². The van der Waals surface area contributed by atoms with Crippen LogP contribution in [0.1, 0.15) is 6.92 Å². The molecule has 1 rings (SSSR count). The van der Waals surface area contributed by atoms with Crippen LogP contribution in [0.15, 0.2) is 29.5 Å². The Kier molecular flexibility index (Phi) is 1.66. The summed E-state index contributed by atoms with van der Waals surface area (Å²) in [6, 6.07) is 0. The van der Waals surface area contributed by atoms with E-state index in [4.69, 9.17) is 0 Å². The van der Waals surface area contributed by atoms with Gasteiger partial charge in [0.05, 0.1) is 23.8 Å². The Labute approximate surface area is 55.8 Å². The fourth-order valence-corrected chi connectivity index (χ4v) is 0.658. The second-order valence-electron chi connectivity index (χ2n) is 2.03. The van der Waals surface area contributed by atoms with Crippen molar-refractivity contribution in [1.82, 2.24) is 5.32 Å². The first-order chi connectivity index (χ1) is 4.33. The Balaban J connectivity index is 2.75. The molecule has 1 heteroatoms. The molecule has 46 valence electrons. The molecule has 0 aromatic heterocycles. The molecule has 0 aromatic carbocycles. The van der Waals surface area contributed by atoms with Gasteiger partial charge in [0.15, 0.2) is 0 Å². The van der Waals surface area contributed by atoms with E-state index in [1.165, 1.54) is 5.57 Å². The van der Waals surface area contributed by atoms with Crippen LogP contribution < -0.4 is 5.32 Å². The molecule has 0 aromatic rings. The minimum Gasteiger partial charge on any atom is -0.359 e. The van der Waals surface area contributed by atoms with Crippen LogP contribution in [0, 0.1) is 6.08 Å². The van der Waals surface area contributed by atoms with Gasteiger partial charge in [0.25, 0.3) is 0 Å². The molecule has 1 N–H and O–H groups in total. The van der Waals surface area contributed by atoms with Crippen LogP contribution >= 0.6 is 0 Å². The third kappa shape index (κ3) is 1.41. The van der Waals surface area contributed by atoms with Crippen LogP contribution in [0.4, 0.5) is 0 Å². The van der Waals surface area contributed by atoms with Gasteiger partial charge in [-0.2, -0.15) is 0 Å². The lowest BCUT2D eigenvalue weighted by Gasteiger charge is -1.92. The van der Waals surface area contributed by atoms with E-state index < -0.39 is 0 Å². The first kappa shape index (κ1) is 6.06. The highest BCUT2D eigenvalue weighted by Crippen LogP contribution is 2.04. The molecule has 0 fully saturated rings. The van der Waals surface area contributed by atoms with Crippen LogP contribution in [-0.2, 0) is 0 Å². The molecule has 9 heavy (non-hydrogen) atoms. The molecule has 0 heterocycles. The molecule has 1 aliphatic carbocycles. The minimum absolute atomic E-state index is 1.04. The zero-order chi connectivity index (χ0) is 6.69. The van der Waals surface area contributed by atoms with Gasteiger partial charge in [-0.25, -0.2) is 0 Å². The van der Waals surface area contributed by atoms with Gasteiger partial charge in [0.2, 0.25) is 5.70 Å². The van der Waals surface area contributed by atoms with E-state index in [2.05, 4.69) is 24.4 Å². The monoisotopic (exact) mass is 120 g/mol. The summed E-state index contributed by atoms with van der Waals surface area (Å²) in [6.07, 6.45) is 9.11. The van der Waals surface area contributed by atoms with Gasteiger partial charge in [-0.05, 0) is 0 Å². The normalized spacial score (nSPS) is 15.8. The van der Waals surface area contributed by atoms with Crippen LogP contribution in [0.3, 0.4) is 0 Å². The predicted octanol–water partition coefficient (Wildman–Crippen LogP) is 1.41. The Morgan fingerprint density at radius 3 is 2.67 bits per heavy atom. The number of nitrogens with one attached hydrogen (secondary N) is 1. The molecule has 0 amide bonds. The van der Waals surface area contributed by atoms with Crippen molar-refractivity contribution in [2.75, 3.05) is 7.05 Å². The molecule has 0 unspecified atom stereocenters. The molecular formula is C8H10N+. The van der Waals surface area contributed by atoms with Gasteiger partial charge in [0, 0.05) is 14.0 Å². The highest BCUT2D eigenvalue weighted by atomic mass is 14.8. The second-order valence-corrected chi connectivity index (χ2v) is 2.03. The topological polar surface area (TPSA) is 12.0 Å². The predicted molar refractivity (Wildman–Crippen MR) is 38.7 cm³/mol. The molecule has 1 nitrogen and oxygen atoms in total. The fourth-order valence-electron chi connectivity index (χ4n) is 0.658. The summed E-state index contributed by atoms with van der Waals surface area (Å²) in [5, 5.41) is 3.00. The van der Waals surface area contributed by atoms with Crippen molar-refractivity contribution in [1.29, 1.82) is 0 Å². The Morgan fingerprint density at radius 2 is 2.22 bits per heavy atom. The quantitative estimate of drug-likeness (QED) is 0.516. The number of rotatable bonds is 1. The Hall–Kier alpha value is -1.07. The van der Waals surface area contributed by atoms with Crippen molar-refractivity contribution in [2.24, 2.45) is 0 Å². The third-order valence-corrected chi connectivity index (χ3v) is 1.24. The average molecular weight is 120 g/mol. The summed E-state index contributed by atoms with van der Waals surface area (Å²) in [4.78, 5) is 0. The zero-order valence-electron chi connectivity index (χ0n) is 5.73. The summed E-state index contributed by atoms with van der Waals surface area (Å²) < 4.78 is 0. The van der Waals surface area contributed by atoms with Crippen molar-refractivity contribution in [2.45, 2.75) is 6.92 Å². The van der Waals surface area contributed by atoms with E-state index in [1.54, 1.807) is 0 Å². The number of likely N-dealkylation sites (N-methyl/N-ethyl adjacent to an activating group) is 1. The minimum atomic E-state index is 1.04. The Bertz CT molecular complexity index is 185. The van der Waals surface area contributed by atoms with E-state index >= 15 is 0 Å². The van der Waals surface area contributed by atoms with Crippen molar-refractivity contribution >= 4 is 0 Å².